The molecule has 8 nitrogen and oxygen atoms in total. The number of amides is 2. The summed E-state index contributed by atoms with van der Waals surface area (Å²) in [6, 6.07) is 3.75. The minimum Gasteiger partial charge on any atom is -0.548 e. The summed E-state index contributed by atoms with van der Waals surface area (Å²) in [6.45, 7) is 1.48. The smallest absolute Gasteiger partial charge is 0.548 e. The first-order valence-corrected chi connectivity index (χ1v) is 12.7. The van der Waals surface area contributed by atoms with Crippen LogP contribution in [0, 0.1) is 17.7 Å². The van der Waals surface area contributed by atoms with E-state index >= 15 is 0 Å². The van der Waals surface area contributed by atoms with Gasteiger partial charge in [0, 0.05) is 31.6 Å². The van der Waals surface area contributed by atoms with Crippen LogP contribution in [-0.4, -0.2) is 58.0 Å². The van der Waals surface area contributed by atoms with Gasteiger partial charge >= 0.3 is 25.0 Å². The molecule has 10 heteroatoms. The molecule has 6 aliphatic rings. The minimum atomic E-state index is -1.23. The van der Waals surface area contributed by atoms with Gasteiger partial charge in [0.25, 0.3) is 0 Å². The zero-order valence-corrected chi connectivity index (χ0v) is 20.8. The number of carboxylic acid groups (broad SMARTS) is 1. The molecule has 2 unspecified atom stereocenters. The molecule has 5 fully saturated rings. The molecule has 188 valence electrons. The van der Waals surface area contributed by atoms with Gasteiger partial charge in [-0.05, 0) is 80.0 Å². The molecule has 7 rings (SSSR count). The second-order valence-electron chi connectivity index (χ2n) is 11.5. The van der Waals surface area contributed by atoms with Gasteiger partial charge in [0.05, 0.1) is 18.6 Å². The Hall–Kier alpha value is -2.08. The van der Waals surface area contributed by atoms with Crippen molar-refractivity contribution in [2.75, 3.05) is 13.1 Å². The summed E-state index contributed by atoms with van der Waals surface area (Å²) in [7, 11) is 0. The molecule has 4 bridgehead atoms. The van der Waals surface area contributed by atoms with E-state index in [1.165, 1.54) is 17.0 Å². The molecular weight excluding hydrogens is 460 g/mol. The summed E-state index contributed by atoms with van der Waals surface area (Å²) in [5.74, 6) is -0.697. The minimum absolute atomic E-state index is 0. The van der Waals surface area contributed by atoms with Crippen LogP contribution < -0.4 is 29.3 Å². The molecule has 36 heavy (non-hydrogen) atoms. The molecule has 1 aromatic carbocycles. The number of hydrogen-bond donors (Lipinski definition) is 1. The first-order chi connectivity index (χ1) is 16.7. The second-order valence-corrected chi connectivity index (χ2v) is 11.5. The largest absolute Gasteiger partial charge is 1.00 e. The van der Waals surface area contributed by atoms with E-state index in [0.29, 0.717) is 50.7 Å². The van der Waals surface area contributed by atoms with Gasteiger partial charge in [0.15, 0.2) is 0 Å². The maximum absolute atomic E-state index is 13.6. The number of fused-ring (bicyclic) bond motifs is 1. The van der Waals surface area contributed by atoms with E-state index in [-0.39, 0.29) is 42.7 Å². The maximum Gasteiger partial charge on any atom is 1.00 e. The van der Waals surface area contributed by atoms with Gasteiger partial charge in [-0.15, -0.1) is 0 Å². The zero-order valence-electron chi connectivity index (χ0n) is 20.8. The topological polar surface area (TPSA) is 102 Å². The molecule has 2 heterocycles. The van der Waals surface area contributed by atoms with Crippen LogP contribution in [0.25, 0.3) is 0 Å². The molecule has 1 N–H and O–H groups in total. The Morgan fingerprint density at radius 3 is 2.56 bits per heavy atom. The van der Waals surface area contributed by atoms with Gasteiger partial charge in [-0.25, -0.2) is 9.18 Å². The van der Waals surface area contributed by atoms with Gasteiger partial charge in [-0.1, -0.05) is 6.07 Å². The van der Waals surface area contributed by atoms with Gasteiger partial charge in [-0.3, -0.25) is 9.69 Å². The van der Waals surface area contributed by atoms with Crippen molar-refractivity contribution < 1.29 is 47.5 Å². The van der Waals surface area contributed by atoms with Gasteiger partial charge in [-0.2, -0.15) is 0 Å². The van der Waals surface area contributed by atoms with Crippen molar-refractivity contribution in [3.8, 4) is 0 Å². The summed E-state index contributed by atoms with van der Waals surface area (Å²) in [5, 5.41) is 15.0. The van der Waals surface area contributed by atoms with E-state index in [1.807, 2.05) is 0 Å². The average molecular weight is 491 g/mol. The standard InChI is InChI=1S/C26H32FN3O5.Li/c27-20-4-3-18-13-29(14-19(18)7-20)22(31)12-28-25-8-16-6-17(9-25)11-26(10-16,15-25)35-24(34)30-5-1-2-21(30)23(32)33;/h3-4,7,16-17,21,28H,1-2,5-6,8-15H2,(H,32,33);/q;+1/p-1/t16?,17?,21-,25?,26?;/m0./s1. The van der Waals surface area contributed by atoms with Crippen LogP contribution in [0.5, 0.6) is 0 Å². The van der Waals surface area contributed by atoms with Crippen molar-refractivity contribution in [2.45, 2.75) is 81.6 Å². The Bertz CT molecular complexity index is 1070. The van der Waals surface area contributed by atoms with E-state index < -0.39 is 23.7 Å². The Morgan fingerprint density at radius 1 is 1.11 bits per heavy atom. The third kappa shape index (κ3) is 4.55. The summed E-state index contributed by atoms with van der Waals surface area (Å²) in [4.78, 5) is 40.6. The normalized spacial score (nSPS) is 33.9. The van der Waals surface area contributed by atoms with Crippen LogP contribution in [0.15, 0.2) is 18.2 Å². The number of carbonyl (C=O) groups excluding carboxylic acids is 3. The van der Waals surface area contributed by atoms with Crippen LogP contribution >= 0.6 is 0 Å². The molecule has 2 amide bonds. The molecule has 4 aliphatic carbocycles. The van der Waals surface area contributed by atoms with E-state index in [2.05, 4.69) is 5.32 Å². The number of nitrogens with one attached hydrogen (secondary N) is 1. The number of hydrogen-bond acceptors (Lipinski definition) is 6. The molecule has 0 spiro atoms. The fraction of sp³-hybridized carbons (Fsp3) is 0.654. The van der Waals surface area contributed by atoms with Gasteiger partial charge in [0.2, 0.25) is 5.91 Å². The molecular formula is C26H31FLiN3O5. The Labute approximate surface area is 222 Å². The summed E-state index contributed by atoms with van der Waals surface area (Å²) < 4.78 is 19.7. The zero-order chi connectivity index (χ0) is 24.4. The third-order valence-electron chi connectivity index (χ3n) is 8.93. The number of aliphatic carboxylic acids is 1. The van der Waals surface area contributed by atoms with E-state index in [9.17, 15) is 23.9 Å². The first kappa shape index (κ1) is 25.6. The molecule has 3 atom stereocenters. The third-order valence-corrected chi connectivity index (χ3v) is 8.93. The summed E-state index contributed by atoms with van der Waals surface area (Å²) in [5.41, 5.74) is 0.961. The number of likely N-dealkylation sites (tertiary alicyclic amines) is 1. The van der Waals surface area contributed by atoms with Crippen molar-refractivity contribution in [1.82, 2.24) is 15.1 Å². The Balaban J connectivity index is 0.00000267. The van der Waals surface area contributed by atoms with Crippen LogP contribution in [-0.2, 0) is 27.4 Å². The SMILES string of the molecule is O=C([O-])[C@@H]1CCCN1C(=O)OC12CC3CC(CC(NCC(=O)N4Cc5ccc(F)cc5C4)(C3)C1)C2.[Li+]. The fourth-order valence-corrected chi connectivity index (χ4v) is 7.89. The predicted octanol–water partition coefficient (Wildman–Crippen LogP) is -1.30. The number of halogens is 1. The van der Waals surface area contributed by atoms with Crippen molar-refractivity contribution >= 4 is 18.0 Å². The first-order valence-electron chi connectivity index (χ1n) is 12.7. The van der Waals surface area contributed by atoms with Crippen molar-refractivity contribution in [3.63, 3.8) is 0 Å². The van der Waals surface area contributed by atoms with Crippen molar-refractivity contribution in [3.05, 3.63) is 35.1 Å². The van der Waals surface area contributed by atoms with E-state index in [1.54, 1.807) is 11.0 Å². The number of carbonyl (C=O) groups is 3. The molecule has 2 aliphatic heterocycles. The van der Waals surface area contributed by atoms with Crippen LogP contribution in [0.3, 0.4) is 0 Å². The predicted molar refractivity (Wildman–Crippen MR) is 120 cm³/mol. The molecule has 4 saturated carbocycles. The molecule has 0 radical (unpaired) electrons. The molecule has 0 aromatic heterocycles. The Kier molecular flexibility index (Phi) is 6.63. The van der Waals surface area contributed by atoms with E-state index in [4.69, 9.17) is 4.74 Å². The van der Waals surface area contributed by atoms with Crippen LogP contribution in [0.4, 0.5) is 9.18 Å². The van der Waals surface area contributed by atoms with E-state index in [0.717, 1.165) is 43.2 Å². The van der Waals surface area contributed by atoms with Crippen molar-refractivity contribution in [2.24, 2.45) is 11.8 Å². The summed E-state index contributed by atoms with van der Waals surface area (Å²) in [6.07, 6.45) is 5.72. The van der Waals surface area contributed by atoms with Crippen LogP contribution in [0.1, 0.15) is 62.5 Å². The average Bonchev–Trinajstić information content (AvgIpc) is 3.43. The monoisotopic (exact) mass is 491 g/mol. The number of carboxylic acids is 1. The number of rotatable bonds is 5. The quantitative estimate of drug-likeness (QED) is 0.514. The summed E-state index contributed by atoms with van der Waals surface area (Å²) >= 11 is 0. The maximum atomic E-state index is 13.6. The fourth-order valence-electron chi connectivity index (χ4n) is 7.89. The van der Waals surface area contributed by atoms with Crippen molar-refractivity contribution in [1.29, 1.82) is 0 Å². The molecule has 1 saturated heterocycles. The van der Waals surface area contributed by atoms with Crippen LogP contribution in [0.2, 0.25) is 0 Å². The van der Waals surface area contributed by atoms with Gasteiger partial charge in [0.1, 0.15) is 11.4 Å². The Morgan fingerprint density at radius 2 is 1.83 bits per heavy atom. The molecule has 1 aromatic rings. The number of benzene rings is 1. The van der Waals surface area contributed by atoms with Gasteiger partial charge < -0.3 is 24.9 Å². The number of nitrogens with zero attached hydrogens (tertiary/aromatic N) is 2. The number of ether oxygens (including phenoxy) is 1. The second kappa shape index (κ2) is 9.34.